The molecule has 0 unspecified atom stereocenters. The molecule has 7 rings (SSSR count). The van der Waals surface area contributed by atoms with E-state index in [-0.39, 0.29) is 25.2 Å². The van der Waals surface area contributed by atoms with E-state index >= 15 is 0 Å². The van der Waals surface area contributed by atoms with Gasteiger partial charge in [0.1, 0.15) is 24.5 Å². The summed E-state index contributed by atoms with van der Waals surface area (Å²) >= 11 is 0. The Balaban J connectivity index is 1.28. The van der Waals surface area contributed by atoms with Gasteiger partial charge in [-0.25, -0.2) is 19.2 Å². The van der Waals surface area contributed by atoms with E-state index in [0.29, 0.717) is 42.2 Å². The number of alkyl halides is 1. The third kappa shape index (κ3) is 4.65. The van der Waals surface area contributed by atoms with E-state index in [9.17, 15) is 14.0 Å². The van der Waals surface area contributed by atoms with Crippen molar-refractivity contribution < 1.29 is 23.5 Å². The van der Waals surface area contributed by atoms with Crippen LogP contribution in [0.4, 0.5) is 9.18 Å². The molecule has 3 aliphatic rings. The van der Waals surface area contributed by atoms with E-state index in [1.807, 2.05) is 23.7 Å². The number of nitrogens with two attached hydrogens (primary N) is 1. The summed E-state index contributed by atoms with van der Waals surface area (Å²) in [7, 11) is 1.94. The summed E-state index contributed by atoms with van der Waals surface area (Å²) in [5, 5.41) is 3.68. The zero-order chi connectivity index (χ0) is 28.2. The molecular weight excluding hydrogens is 529 g/mol. The van der Waals surface area contributed by atoms with Crippen molar-refractivity contribution in [3.8, 4) is 17.3 Å². The number of alkyl carbamates (subject to hydrolysis) is 1. The first-order valence-electron chi connectivity index (χ1n) is 14.1. The molecular formula is C29H32FN7O4. The van der Waals surface area contributed by atoms with Crippen LogP contribution in [0.3, 0.4) is 0 Å². The van der Waals surface area contributed by atoms with Crippen LogP contribution in [-0.4, -0.2) is 81.1 Å². The topological polar surface area (TPSA) is 130 Å². The van der Waals surface area contributed by atoms with Crippen molar-refractivity contribution in [1.29, 1.82) is 0 Å². The molecule has 4 aromatic rings. The van der Waals surface area contributed by atoms with Gasteiger partial charge in [0.2, 0.25) is 0 Å². The van der Waals surface area contributed by atoms with E-state index in [0.717, 1.165) is 40.4 Å². The van der Waals surface area contributed by atoms with E-state index in [1.54, 1.807) is 11.0 Å². The van der Waals surface area contributed by atoms with Crippen LogP contribution in [0.5, 0.6) is 5.75 Å². The third-order valence-electron chi connectivity index (χ3n) is 8.14. The molecule has 5 heterocycles. The molecule has 0 spiro atoms. The fraction of sp³-hybridized carbons (Fsp3) is 0.448. The lowest BCUT2D eigenvalue weighted by molar-refractivity contribution is 0.0723. The average molecular weight is 562 g/mol. The number of hydrogen-bond donors (Lipinski definition) is 2. The summed E-state index contributed by atoms with van der Waals surface area (Å²) in [6.07, 6.45) is 2.16. The molecule has 214 valence electrons. The summed E-state index contributed by atoms with van der Waals surface area (Å²) in [6.45, 7) is 1.45. The fourth-order valence-electron chi connectivity index (χ4n) is 5.82. The van der Waals surface area contributed by atoms with Gasteiger partial charge in [-0.15, -0.1) is 0 Å². The fourth-order valence-corrected chi connectivity index (χ4v) is 5.82. The highest BCUT2D eigenvalue weighted by molar-refractivity contribution is 5.99. The van der Waals surface area contributed by atoms with Gasteiger partial charge in [-0.2, -0.15) is 0 Å². The number of carbonyl (C=O) groups is 2. The van der Waals surface area contributed by atoms with Crippen molar-refractivity contribution in [2.45, 2.75) is 38.0 Å². The monoisotopic (exact) mass is 561 g/mol. The highest BCUT2D eigenvalue weighted by atomic mass is 19.1. The number of aromatic nitrogens is 4. The van der Waals surface area contributed by atoms with Crippen LogP contribution in [0.15, 0.2) is 30.3 Å². The van der Waals surface area contributed by atoms with Crippen LogP contribution >= 0.6 is 0 Å². The van der Waals surface area contributed by atoms with Crippen LogP contribution < -0.4 is 15.8 Å². The Kier molecular flexibility index (Phi) is 6.29. The minimum atomic E-state index is -0.703. The first-order chi connectivity index (χ1) is 19.9. The van der Waals surface area contributed by atoms with Crippen LogP contribution in [0.2, 0.25) is 0 Å². The number of cyclic esters (lactones) is 1. The highest BCUT2D eigenvalue weighted by Gasteiger charge is 2.30. The van der Waals surface area contributed by atoms with E-state index in [2.05, 4.69) is 22.0 Å². The number of rotatable bonds is 9. The molecule has 11 nitrogen and oxygen atoms in total. The van der Waals surface area contributed by atoms with Crippen molar-refractivity contribution in [3.63, 3.8) is 0 Å². The number of nitrogens with one attached hydrogen (secondary N) is 1. The van der Waals surface area contributed by atoms with Crippen LogP contribution in [0.25, 0.3) is 33.6 Å². The molecule has 2 fully saturated rings. The number of halogens is 1. The number of aryl methyl sites for hydroxylation is 1. The van der Waals surface area contributed by atoms with Gasteiger partial charge in [-0.3, -0.25) is 4.79 Å². The Morgan fingerprint density at radius 1 is 1.24 bits per heavy atom. The van der Waals surface area contributed by atoms with Crippen molar-refractivity contribution in [2.24, 2.45) is 18.7 Å². The van der Waals surface area contributed by atoms with Gasteiger partial charge in [-0.1, -0.05) is 12.1 Å². The van der Waals surface area contributed by atoms with Crippen molar-refractivity contribution in [2.75, 3.05) is 32.9 Å². The summed E-state index contributed by atoms with van der Waals surface area (Å²) in [6, 6.07) is 9.17. The molecule has 0 bridgehead atoms. The molecule has 2 aliphatic heterocycles. The predicted octanol–water partition coefficient (Wildman–Crippen LogP) is 2.78. The summed E-state index contributed by atoms with van der Waals surface area (Å²) in [5.41, 5.74) is 10.2. The van der Waals surface area contributed by atoms with Gasteiger partial charge >= 0.3 is 6.09 Å². The maximum absolute atomic E-state index is 13.2. The average Bonchev–Trinajstić information content (AvgIpc) is 3.45. The molecule has 3 aromatic heterocycles. The number of carbonyl (C=O) groups excluding carboxylic acids is 2. The number of imidazole rings is 1. The Hall–Kier alpha value is -4.19. The van der Waals surface area contributed by atoms with Crippen molar-refractivity contribution in [1.82, 2.24) is 29.3 Å². The largest absolute Gasteiger partial charge is 0.487 e. The number of hydrogen-bond acceptors (Lipinski definition) is 7. The lowest BCUT2D eigenvalue weighted by Gasteiger charge is -2.29. The Bertz CT molecular complexity index is 1680. The summed E-state index contributed by atoms with van der Waals surface area (Å²) in [5.74, 6) is 1.86. The molecule has 12 heteroatoms. The van der Waals surface area contributed by atoms with Crippen LogP contribution in [-0.2, 0) is 24.8 Å². The third-order valence-corrected chi connectivity index (χ3v) is 8.14. The first-order valence-corrected chi connectivity index (χ1v) is 14.1. The predicted molar refractivity (Wildman–Crippen MR) is 149 cm³/mol. The molecule has 2 amide bonds. The Labute approximate surface area is 235 Å². The number of benzene rings is 1. The minimum absolute atomic E-state index is 0.172. The molecule has 41 heavy (non-hydrogen) atoms. The molecule has 1 saturated carbocycles. The minimum Gasteiger partial charge on any atom is -0.487 e. The van der Waals surface area contributed by atoms with Gasteiger partial charge in [0.15, 0.2) is 17.6 Å². The van der Waals surface area contributed by atoms with Crippen molar-refractivity contribution in [3.05, 3.63) is 41.6 Å². The van der Waals surface area contributed by atoms with E-state index in [4.69, 9.17) is 25.2 Å². The lowest BCUT2D eigenvalue weighted by atomic mass is 10.0. The number of para-hydroxylation sites is 1. The normalized spacial score (nSPS) is 19.5. The van der Waals surface area contributed by atoms with E-state index in [1.165, 1.54) is 12.8 Å². The first kappa shape index (κ1) is 25.8. The second-order valence-electron chi connectivity index (χ2n) is 11.2. The van der Waals surface area contributed by atoms with Gasteiger partial charge in [-0.05, 0) is 37.0 Å². The second kappa shape index (κ2) is 10.0. The molecule has 0 radical (unpaired) electrons. The second-order valence-corrected chi connectivity index (χ2v) is 11.2. The SMILES string of the molecule is Cn1c(-c2cc3cccc(OC[C@@H]4CNC(=O)O4)c3n2CC2CC2)nc2cc3c(nc21)CCN(C[C@H](N)CF)C3=O. The van der Waals surface area contributed by atoms with Crippen molar-refractivity contribution >= 4 is 34.1 Å². The Morgan fingerprint density at radius 2 is 2.10 bits per heavy atom. The van der Waals surface area contributed by atoms with Crippen LogP contribution in [0.1, 0.15) is 28.9 Å². The maximum atomic E-state index is 13.2. The van der Waals surface area contributed by atoms with Gasteiger partial charge in [0, 0.05) is 38.5 Å². The zero-order valence-electron chi connectivity index (χ0n) is 22.8. The molecule has 3 N–H and O–H groups in total. The Morgan fingerprint density at radius 3 is 2.85 bits per heavy atom. The smallest absolute Gasteiger partial charge is 0.407 e. The molecule has 1 saturated heterocycles. The summed E-state index contributed by atoms with van der Waals surface area (Å²) < 4.78 is 28.7. The van der Waals surface area contributed by atoms with E-state index < -0.39 is 18.8 Å². The lowest BCUT2D eigenvalue weighted by Crippen LogP contribution is -2.45. The quantitative estimate of drug-likeness (QED) is 0.322. The highest BCUT2D eigenvalue weighted by Crippen LogP contribution is 2.39. The zero-order valence-corrected chi connectivity index (χ0v) is 22.8. The molecule has 1 aliphatic carbocycles. The number of amides is 2. The molecule has 2 atom stereocenters. The maximum Gasteiger partial charge on any atom is 0.407 e. The number of fused-ring (bicyclic) bond motifs is 3. The number of nitrogens with zero attached hydrogens (tertiary/aromatic N) is 5. The van der Waals surface area contributed by atoms with Gasteiger partial charge < -0.3 is 34.6 Å². The van der Waals surface area contributed by atoms with Gasteiger partial charge in [0.25, 0.3) is 5.91 Å². The summed E-state index contributed by atoms with van der Waals surface area (Å²) in [4.78, 5) is 36.1. The standard InChI is InChI=1S/C29H32FN7O4/c1-35-26-22(10-20-21(33-26)7-8-36(28(20)38)14-18(31)11-30)34-27(35)23-9-17-3-2-4-24(25(17)37(23)13-16-5-6-16)40-15-19-12-32-29(39)41-19/h2-4,9-10,16,18-19H,5-8,11-15,31H2,1H3,(H,32,39)/t18-,19+/m1/s1. The number of pyridine rings is 1. The molecule has 1 aromatic carbocycles. The van der Waals surface area contributed by atoms with Crippen LogP contribution in [0, 0.1) is 5.92 Å². The number of ether oxygens (including phenoxy) is 2. The van der Waals surface area contributed by atoms with Gasteiger partial charge in [0.05, 0.1) is 35.1 Å².